The number of rotatable bonds is 6. The van der Waals surface area contributed by atoms with Crippen molar-refractivity contribution < 1.29 is 9.90 Å². The Hall–Kier alpha value is -1.35. The number of hydrogen-bond acceptors (Lipinski definition) is 2. The lowest BCUT2D eigenvalue weighted by Gasteiger charge is -2.20. The molecule has 0 heterocycles. The van der Waals surface area contributed by atoms with E-state index in [4.69, 9.17) is 0 Å². The van der Waals surface area contributed by atoms with Gasteiger partial charge >= 0.3 is 0 Å². The monoisotopic (exact) mass is 263 g/mol. The molecular weight excluding hydrogens is 238 g/mol. The molecule has 0 saturated heterocycles. The molecule has 0 aliphatic carbocycles. The average Bonchev–Trinajstić information content (AvgIpc) is 2.40. The molecule has 1 amide bonds. The van der Waals surface area contributed by atoms with Crippen LogP contribution in [0.15, 0.2) is 18.2 Å². The summed E-state index contributed by atoms with van der Waals surface area (Å²) in [5.74, 6) is 0.144. The number of amides is 1. The van der Waals surface area contributed by atoms with Crippen LogP contribution in [0.1, 0.15) is 48.2 Å². The smallest absolute Gasteiger partial charge is 0.251 e. The topological polar surface area (TPSA) is 49.3 Å². The zero-order chi connectivity index (χ0) is 14.4. The van der Waals surface area contributed by atoms with Gasteiger partial charge in [0, 0.05) is 12.1 Å². The highest BCUT2D eigenvalue weighted by Gasteiger charge is 2.17. The zero-order valence-corrected chi connectivity index (χ0v) is 12.4. The van der Waals surface area contributed by atoms with Gasteiger partial charge in [-0.15, -0.1) is 0 Å². The van der Waals surface area contributed by atoms with Gasteiger partial charge in [-0.1, -0.05) is 38.8 Å². The van der Waals surface area contributed by atoms with Crippen LogP contribution in [-0.2, 0) is 0 Å². The maximum Gasteiger partial charge on any atom is 0.251 e. The van der Waals surface area contributed by atoms with E-state index in [1.54, 1.807) is 0 Å². The van der Waals surface area contributed by atoms with Crippen molar-refractivity contribution in [3.63, 3.8) is 0 Å². The van der Waals surface area contributed by atoms with Crippen LogP contribution in [0.25, 0.3) is 0 Å². The lowest BCUT2D eigenvalue weighted by molar-refractivity contribution is 0.0816. The van der Waals surface area contributed by atoms with Crippen molar-refractivity contribution in [3.8, 4) is 0 Å². The number of aryl methyl sites for hydroxylation is 1. The van der Waals surface area contributed by atoms with E-state index in [9.17, 15) is 9.90 Å². The Morgan fingerprint density at radius 1 is 1.26 bits per heavy atom. The highest BCUT2D eigenvalue weighted by molar-refractivity contribution is 5.95. The number of aliphatic hydroxyl groups is 1. The quantitative estimate of drug-likeness (QED) is 0.829. The molecular formula is C16H25NO2. The molecule has 1 aromatic rings. The Morgan fingerprint density at radius 3 is 2.47 bits per heavy atom. The molecule has 19 heavy (non-hydrogen) atoms. The fourth-order valence-electron chi connectivity index (χ4n) is 2.29. The minimum Gasteiger partial charge on any atom is -0.391 e. The first-order chi connectivity index (χ1) is 9.01. The van der Waals surface area contributed by atoms with Crippen molar-refractivity contribution in [1.82, 2.24) is 5.32 Å². The minimum atomic E-state index is -0.468. The van der Waals surface area contributed by atoms with Gasteiger partial charge in [0.05, 0.1) is 6.10 Å². The third-order valence-corrected chi connectivity index (χ3v) is 3.91. The third-order valence-electron chi connectivity index (χ3n) is 3.91. The number of carbonyl (C=O) groups is 1. The maximum absolute atomic E-state index is 12.1. The van der Waals surface area contributed by atoms with Gasteiger partial charge in [0.2, 0.25) is 0 Å². The number of carbonyl (C=O) groups excluding carboxylic acids is 1. The summed E-state index contributed by atoms with van der Waals surface area (Å²) in [5, 5.41) is 12.8. The van der Waals surface area contributed by atoms with Crippen LogP contribution in [0.5, 0.6) is 0 Å². The van der Waals surface area contributed by atoms with Gasteiger partial charge in [-0.2, -0.15) is 0 Å². The minimum absolute atomic E-state index is 0.105. The van der Waals surface area contributed by atoms with Gasteiger partial charge in [0.15, 0.2) is 0 Å². The van der Waals surface area contributed by atoms with Crippen molar-refractivity contribution in [2.75, 3.05) is 6.54 Å². The standard InChI is InChI=1S/C16H25NO2/c1-5-13(6-2)15(18)10-17-16(19)14-9-7-8-11(3)12(14)4/h7-9,13,15,18H,5-6,10H2,1-4H3,(H,17,19). The Labute approximate surface area is 116 Å². The van der Waals surface area contributed by atoms with E-state index in [1.165, 1.54) is 0 Å². The van der Waals surface area contributed by atoms with E-state index in [0.29, 0.717) is 12.1 Å². The Kier molecular flexibility index (Phi) is 6.03. The van der Waals surface area contributed by atoms with Gasteiger partial charge in [0.25, 0.3) is 5.91 Å². The molecule has 3 heteroatoms. The van der Waals surface area contributed by atoms with Crippen LogP contribution >= 0.6 is 0 Å². The molecule has 0 aromatic heterocycles. The molecule has 1 aromatic carbocycles. The zero-order valence-electron chi connectivity index (χ0n) is 12.4. The Morgan fingerprint density at radius 2 is 1.89 bits per heavy atom. The van der Waals surface area contributed by atoms with E-state index < -0.39 is 6.10 Å². The molecule has 0 spiro atoms. The molecule has 0 aliphatic heterocycles. The molecule has 3 nitrogen and oxygen atoms in total. The van der Waals surface area contributed by atoms with Gasteiger partial charge in [-0.3, -0.25) is 4.79 Å². The fraction of sp³-hybridized carbons (Fsp3) is 0.562. The summed E-state index contributed by atoms with van der Waals surface area (Å²) in [6, 6.07) is 5.70. The van der Waals surface area contributed by atoms with Crippen molar-refractivity contribution in [3.05, 3.63) is 34.9 Å². The van der Waals surface area contributed by atoms with Crippen LogP contribution < -0.4 is 5.32 Å². The third kappa shape index (κ3) is 4.06. The summed E-state index contributed by atoms with van der Waals surface area (Å²) in [4.78, 5) is 12.1. The molecule has 1 rings (SSSR count). The Balaban J connectivity index is 2.63. The highest BCUT2D eigenvalue weighted by atomic mass is 16.3. The summed E-state index contributed by atoms with van der Waals surface area (Å²) >= 11 is 0. The van der Waals surface area contributed by atoms with Gasteiger partial charge in [0.1, 0.15) is 0 Å². The molecule has 2 N–H and O–H groups in total. The number of nitrogens with one attached hydrogen (secondary N) is 1. The summed E-state index contributed by atoms with van der Waals surface area (Å²) < 4.78 is 0. The molecule has 0 bridgehead atoms. The molecule has 1 unspecified atom stereocenters. The second-order valence-corrected chi connectivity index (χ2v) is 5.10. The van der Waals surface area contributed by atoms with Crippen LogP contribution in [0.2, 0.25) is 0 Å². The van der Waals surface area contributed by atoms with Crippen molar-refractivity contribution in [2.45, 2.75) is 46.6 Å². The normalized spacial score (nSPS) is 12.5. The summed E-state index contributed by atoms with van der Waals surface area (Å²) in [7, 11) is 0. The first-order valence-corrected chi connectivity index (χ1v) is 7.03. The summed E-state index contributed by atoms with van der Waals surface area (Å²) in [5.41, 5.74) is 2.79. The average molecular weight is 263 g/mol. The van der Waals surface area contributed by atoms with Crippen LogP contribution in [-0.4, -0.2) is 23.7 Å². The van der Waals surface area contributed by atoms with Crippen LogP contribution in [0, 0.1) is 19.8 Å². The first-order valence-electron chi connectivity index (χ1n) is 7.03. The lowest BCUT2D eigenvalue weighted by Crippen LogP contribution is -2.36. The SMILES string of the molecule is CCC(CC)C(O)CNC(=O)c1cccc(C)c1C. The molecule has 0 saturated carbocycles. The van der Waals surface area contributed by atoms with E-state index in [0.717, 1.165) is 24.0 Å². The number of aliphatic hydroxyl groups excluding tert-OH is 1. The molecule has 106 valence electrons. The largest absolute Gasteiger partial charge is 0.391 e. The second kappa shape index (κ2) is 7.29. The van der Waals surface area contributed by atoms with Crippen LogP contribution in [0.3, 0.4) is 0 Å². The first kappa shape index (κ1) is 15.7. The Bertz CT molecular complexity index is 425. The molecule has 0 fully saturated rings. The van der Waals surface area contributed by atoms with Crippen molar-refractivity contribution in [2.24, 2.45) is 5.92 Å². The van der Waals surface area contributed by atoms with Crippen LogP contribution in [0.4, 0.5) is 0 Å². The summed E-state index contributed by atoms with van der Waals surface area (Å²) in [6.45, 7) is 8.37. The van der Waals surface area contributed by atoms with Crippen molar-refractivity contribution >= 4 is 5.91 Å². The molecule has 1 atom stereocenters. The van der Waals surface area contributed by atoms with Gasteiger partial charge in [-0.05, 0) is 37.0 Å². The number of benzene rings is 1. The van der Waals surface area contributed by atoms with E-state index in [1.807, 2.05) is 32.0 Å². The lowest BCUT2D eigenvalue weighted by atomic mass is 9.96. The van der Waals surface area contributed by atoms with Gasteiger partial charge < -0.3 is 10.4 Å². The highest BCUT2D eigenvalue weighted by Crippen LogP contribution is 2.14. The summed E-state index contributed by atoms with van der Waals surface area (Å²) in [6.07, 6.45) is 1.39. The molecule has 0 radical (unpaired) electrons. The van der Waals surface area contributed by atoms with Crippen molar-refractivity contribution in [1.29, 1.82) is 0 Å². The van der Waals surface area contributed by atoms with E-state index in [-0.39, 0.29) is 11.8 Å². The number of hydrogen-bond donors (Lipinski definition) is 2. The maximum atomic E-state index is 12.1. The molecule has 0 aliphatic rings. The van der Waals surface area contributed by atoms with E-state index in [2.05, 4.69) is 19.2 Å². The van der Waals surface area contributed by atoms with Gasteiger partial charge in [-0.25, -0.2) is 0 Å². The fourth-order valence-corrected chi connectivity index (χ4v) is 2.29. The predicted octanol–water partition coefficient (Wildman–Crippen LogP) is 2.83. The second-order valence-electron chi connectivity index (χ2n) is 5.10. The van der Waals surface area contributed by atoms with E-state index >= 15 is 0 Å². The predicted molar refractivity (Wildman–Crippen MR) is 78.3 cm³/mol.